The molecule has 0 bridgehead atoms. The molecule has 1 fully saturated rings. The van der Waals surface area contributed by atoms with Gasteiger partial charge in [-0.1, -0.05) is 11.8 Å². The number of aromatic nitrogens is 1. The molecule has 0 saturated carbocycles. The Hall–Kier alpha value is -3.75. The van der Waals surface area contributed by atoms with Gasteiger partial charge in [-0.25, -0.2) is 27.4 Å². The first kappa shape index (κ1) is 28.3. The van der Waals surface area contributed by atoms with E-state index >= 15 is 4.39 Å². The Labute approximate surface area is 221 Å². The molecule has 1 atom stereocenters. The number of carbonyl (C=O) groups excluding carboxylic acids is 1. The van der Waals surface area contributed by atoms with E-state index in [1.807, 2.05) is 4.90 Å². The highest BCUT2D eigenvalue weighted by Crippen LogP contribution is 2.41. The van der Waals surface area contributed by atoms with Gasteiger partial charge in [0.05, 0.1) is 36.3 Å². The van der Waals surface area contributed by atoms with Crippen LogP contribution in [-0.2, 0) is 4.79 Å². The normalized spacial score (nSPS) is 15.9. The number of amides is 1. The summed E-state index contributed by atoms with van der Waals surface area (Å²) in [5, 5.41) is 9.64. The number of nitrogens with zero attached hydrogens (tertiary/aromatic N) is 2. The third-order valence-electron chi connectivity index (χ3n) is 7.17. The zero-order valence-electron chi connectivity index (χ0n) is 21.0. The van der Waals surface area contributed by atoms with E-state index in [1.54, 1.807) is 17.6 Å². The molecule has 1 aliphatic heterocycles. The zero-order valence-corrected chi connectivity index (χ0v) is 21.0. The van der Waals surface area contributed by atoms with Crippen LogP contribution in [0, 0.1) is 40.5 Å². The Bertz CT molecular complexity index is 1430. The molecule has 1 saturated heterocycles. The summed E-state index contributed by atoms with van der Waals surface area (Å²) in [4.78, 5) is 18.5. The highest BCUT2D eigenvalue weighted by atomic mass is 19.2. The van der Waals surface area contributed by atoms with Gasteiger partial charge in [0.2, 0.25) is 5.91 Å². The van der Waals surface area contributed by atoms with Crippen LogP contribution in [0.1, 0.15) is 43.0 Å². The van der Waals surface area contributed by atoms with E-state index in [4.69, 9.17) is 4.74 Å². The van der Waals surface area contributed by atoms with E-state index in [0.29, 0.717) is 30.4 Å². The maximum Gasteiger partial charge on any atom is 0.249 e. The van der Waals surface area contributed by atoms with E-state index in [1.165, 1.54) is 13.2 Å². The fourth-order valence-electron chi connectivity index (χ4n) is 4.90. The van der Waals surface area contributed by atoms with Gasteiger partial charge < -0.3 is 4.74 Å². The van der Waals surface area contributed by atoms with Crippen LogP contribution in [-0.4, -0.2) is 47.7 Å². The average molecular weight is 548 g/mol. The number of benzene rings is 2. The molecule has 4 rings (SSSR count). The lowest BCUT2D eigenvalue weighted by Crippen LogP contribution is -2.48. The molecular weight excluding hydrogens is 521 g/mol. The number of piperidine rings is 1. The summed E-state index contributed by atoms with van der Waals surface area (Å²) < 4.78 is 76.0. The monoisotopic (exact) mass is 547 g/mol. The van der Waals surface area contributed by atoms with E-state index in [2.05, 4.69) is 16.8 Å². The van der Waals surface area contributed by atoms with Crippen molar-refractivity contribution >= 4 is 16.8 Å². The minimum Gasteiger partial charge on any atom is -0.497 e. The second-order valence-corrected chi connectivity index (χ2v) is 9.46. The number of hydroxylamine groups is 1. The lowest BCUT2D eigenvalue weighted by atomic mass is 9.73. The lowest BCUT2D eigenvalue weighted by molar-refractivity contribution is -0.143. The Kier molecular flexibility index (Phi) is 8.67. The standard InChI is InChI=1S/C28H26F5N3O3/c1-39-19-4-5-24-20(15-19)25(23(32)16-34-24)21(30)6-7-28(27(37)35-38)8-11-36(12-9-28)10-2-3-17-13-18(29)14-22(31)26(17)33/h4-5,13-16,21,38H,6-12H2,1H3,(H,35,37). The summed E-state index contributed by atoms with van der Waals surface area (Å²) in [6.07, 6.45) is -0.479. The van der Waals surface area contributed by atoms with Crippen LogP contribution in [0.25, 0.3) is 10.9 Å². The third kappa shape index (κ3) is 6.13. The van der Waals surface area contributed by atoms with Gasteiger partial charge in [0, 0.05) is 30.1 Å². The first-order valence-electron chi connectivity index (χ1n) is 12.2. The third-order valence-corrected chi connectivity index (χ3v) is 7.17. The van der Waals surface area contributed by atoms with Gasteiger partial charge in [0.15, 0.2) is 11.6 Å². The highest BCUT2D eigenvalue weighted by Gasteiger charge is 2.41. The van der Waals surface area contributed by atoms with Crippen molar-refractivity contribution in [3.8, 4) is 17.6 Å². The van der Waals surface area contributed by atoms with Gasteiger partial charge >= 0.3 is 0 Å². The zero-order chi connectivity index (χ0) is 28.2. The van der Waals surface area contributed by atoms with Crippen molar-refractivity contribution in [2.24, 2.45) is 5.41 Å². The molecular formula is C28H26F5N3O3. The number of ether oxygens (including phenoxy) is 1. The van der Waals surface area contributed by atoms with Crippen molar-refractivity contribution in [1.82, 2.24) is 15.4 Å². The predicted molar refractivity (Wildman–Crippen MR) is 133 cm³/mol. The van der Waals surface area contributed by atoms with Gasteiger partial charge in [-0.2, -0.15) is 0 Å². The fraction of sp³-hybridized carbons (Fsp3) is 0.357. The second-order valence-electron chi connectivity index (χ2n) is 9.46. The quantitative estimate of drug-likeness (QED) is 0.139. The maximum absolute atomic E-state index is 15.5. The summed E-state index contributed by atoms with van der Waals surface area (Å²) in [7, 11) is 1.44. The van der Waals surface area contributed by atoms with Crippen molar-refractivity contribution < 1.29 is 36.7 Å². The Morgan fingerprint density at radius 2 is 1.92 bits per heavy atom. The molecule has 206 valence electrons. The van der Waals surface area contributed by atoms with Gasteiger partial charge in [0.25, 0.3) is 0 Å². The number of likely N-dealkylation sites (tertiary alicyclic amines) is 1. The second kappa shape index (κ2) is 12.0. The summed E-state index contributed by atoms with van der Waals surface area (Å²) in [5.41, 5.74) is 0.377. The number of carbonyl (C=O) groups is 1. The van der Waals surface area contributed by atoms with Crippen LogP contribution in [0.2, 0.25) is 0 Å². The molecule has 1 amide bonds. The van der Waals surface area contributed by atoms with E-state index < -0.39 is 46.3 Å². The number of halogens is 5. The van der Waals surface area contributed by atoms with Crippen LogP contribution in [0.15, 0.2) is 36.5 Å². The minimum absolute atomic E-state index is 0.0289. The summed E-state index contributed by atoms with van der Waals surface area (Å²) >= 11 is 0. The smallest absolute Gasteiger partial charge is 0.249 e. The number of methoxy groups -OCH3 is 1. The first-order valence-corrected chi connectivity index (χ1v) is 12.2. The number of nitrogens with one attached hydrogen (secondary N) is 1. The number of hydrogen-bond donors (Lipinski definition) is 2. The summed E-state index contributed by atoms with van der Waals surface area (Å²) in [6, 6.07) is 5.98. The van der Waals surface area contributed by atoms with Crippen LogP contribution < -0.4 is 10.2 Å². The molecule has 1 aromatic heterocycles. The number of fused-ring (bicyclic) bond motifs is 1. The largest absolute Gasteiger partial charge is 0.497 e. The van der Waals surface area contributed by atoms with Crippen LogP contribution in [0.5, 0.6) is 5.75 Å². The highest BCUT2D eigenvalue weighted by molar-refractivity contribution is 5.84. The molecule has 11 heteroatoms. The molecule has 1 aliphatic rings. The van der Waals surface area contributed by atoms with Crippen LogP contribution in [0.4, 0.5) is 22.0 Å². The van der Waals surface area contributed by atoms with Crippen molar-refractivity contribution in [2.75, 3.05) is 26.7 Å². The Morgan fingerprint density at radius 3 is 2.62 bits per heavy atom. The Balaban J connectivity index is 1.45. The van der Waals surface area contributed by atoms with Crippen LogP contribution >= 0.6 is 0 Å². The molecule has 6 nitrogen and oxygen atoms in total. The number of rotatable bonds is 7. The van der Waals surface area contributed by atoms with Crippen molar-refractivity contribution in [2.45, 2.75) is 31.9 Å². The van der Waals surface area contributed by atoms with Gasteiger partial charge in [0.1, 0.15) is 23.6 Å². The van der Waals surface area contributed by atoms with Crippen molar-refractivity contribution in [3.05, 3.63) is 70.9 Å². The van der Waals surface area contributed by atoms with Crippen molar-refractivity contribution in [1.29, 1.82) is 0 Å². The number of pyridine rings is 1. The molecule has 0 spiro atoms. The average Bonchev–Trinajstić information content (AvgIpc) is 2.94. The molecule has 0 aliphatic carbocycles. The van der Waals surface area contributed by atoms with Crippen molar-refractivity contribution in [3.63, 3.8) is 0 Å². The molecule has 3 aromatic rings. The summed E-state index contributed by atoms with van der Waals surface area (Å²) in [5.74, 6) is 0.519. The molecule has 2 aromatic carbocycles. The Morgan fingerprint density at radius 1 is 1.18 bits per heavy atom. The molecule has 0 radical (unpaired) electrons. The van der Waals surface area contributed by atoms with E-state index in [9.17, 15) is 27.6 Å². The number of alkyl halides is 1. The SMILES string of the molecule is COc1ccc2ncc(F)c(C(F)CCC3(C(=O)NO)CCN(CC#Cc4cc(F)cc(F)c4F)CC3)c2c1. The summed E-state index contributed by atoms with van der Waals surface area (Å²) in [6.45, 7) is 0.807. The molecule has 1 unspecified atom stereocenters. The molecule has 2 N–H and O–H groups in total. The fourth-order valence-corrected chi connectivity index (χ4v) is 4.90. The topological polar surface area (TPSA) is 74.7 Å². The minimum atomic E-state index is -1.75. The van der Waals surface area contributed by atoms with Gasteiger partial charge in [-0.3, -0.25) is 19.9 Å². The van der Waals surface area contributed by atoms with E-state index in [-0.39, 0.29) is 43.2 Å². The van der Waals surface area contributed by atoms with Gasteiger partial charge in [-0.05, 0) is 49.9 Å². The maximum atomic E-state index is 15.5. The number of hydrogen-bond acceptors (Lipinski definition) is 5. The molecule has 39 heavy (non-hydrogen) atoms. The molecule has 2 heterocycles. The lowest BCUT2D eigenvalue weighted by Gasteiger charge is -2.39. The van der Waals surface area contributed by atoms with Gasteiger partial charge in [-0.15, -0.1) is 0 Å². The predicted octanol–water partition coefficient (Wildman–Crippen LogP) is 5.23. The van der Waals surface area contributed by atoms with Crippen LogP contribution in [0.3, 0.4) is 0 Å². The van der Waals surface area contributed by atoms with E-state index in [0.717, 1.165) is 12.3 Å². The first-order chi connectivity index (χ1) is 18.7.